The molecule has 0 spiro atoms. The van der Waals surface area contributed by atoms with Crippen molar-refractivity contribution < 1.29 is 9.18 Å². The predicted octanol–water partition coefficient (Wildman–Crippen LogP) is 1.99. The summed E-state index contributed by atoms with van der Waals surface area (Å²) in [4.78, 5) is 16.2. The number of nitrogens with two attached hydrogens (primary N) is 1. The first-order chi connectivity index (χ1) is 9.95. The summed E-state index contributed by atoms with van der Waals surface area (Å²) in [6, 6.07) is 6.75. The van der Waals surface area contributed by atoms with Crippen molar-refractivity contribution in [1.82, 2.24) is 4.90 Å². The van der Waals surface area contributed by atoms with Crippen LogP contribution in [0.2, 0.25) is 0 Å². The van der Waals surface area contributed by atoms with Crippen LogP contribution < -0.4 is 10.6 Å². The Balaban J connectivity index is 1.98. The van der Waals surface area contributed by atoms with E-state index in [1.54, 1.807) is 24.0 Å². The second-order valence-corrected chi connectivity index (χ2v) is 5.90. The molecule has 4 nitrogen and oxygen atoms in total. The van der Waals surface area contributed by atoms with Gasteiger partial charge < -0.3 is 15.5 Å². The van der Waals surface area contributed by atoms with Crippen molar-refractivity contribution in [3.8, 4) is 0 Å². The van der Waals surface area contributed by atoms with Crippen molar-refractivity contribution in [3.05, 3.63) is 30.1 Å². The summed E-state index contributed by atoms with van der Waals surface area (Å²) in [5.41, 5.74) is 5.92. The van der Waals surface area contributed by atoms with Gasteiger partial charge in [0, 0.05) is 26.2 Å². The molecule has 1 unspecified atom stereocenters. The molecule has 1 saturated heterocycles. The van der Waals surface area contributed by atoms with Crippen LogP contribution in [-0.4, -0.2) is 42.5 Å². The van der Waals surface area contributed by atoms with Crippen molar-refractivity contribution in [3.63, 3.8) is 0 Å². The van der Waals surface area contributed by atoms with E-state index in [1.165, 1.54) is 6.07 Å². The van der Waals surface area contributed by atoms with Crippen molar-refractivity contribution in [2.24, 2.45) is 5.73 Å². The Kier molecular flexibility index (Phi) is 4.83. The number of rotatable bonds is 4. The second kappa shape index (κ2) is 6.43. The molecule has 1 aliphatic rings. The third-order valence-electron chi connectivity index (χ3n) is 4.02. The summed E-state index contributed by atoms with van der Waals surface area (Å²) in [7, 11) is 0. The van der Waals surface area contributed by atoms with Gasteiger partial charge in [-0.1, -0.05) is 25.5 Å². The molecule has 2 N–H and O–H groups in total. The largest absolute Gasteiger partial charge is 0.366 e. The lowest BCUT2D eigenvalue weighted by molar-refractivity contribution is -0.137. The Morgan fingerprint density at radius 3 is 2.48 bits per heavy atom. The standard InChI is InChI=1S/C16H24FN3O/c1-3-8-16(2,18)15(21)20-11-9-19(10-12-20)14-7-5-4-6-13(14)17/h4-7H,3,8-12,18H2,1-2H3. The molecule has 1 aromatic rings. The molecule has 1 aromatic carbocycles. The first-order valence-electron chi connectivity index (χ1n) is 7.53. The van der Waals surface area contributed by atoms with E-state index < -0.39 is 5.54 Å². The molecule has 2 rings (SSSR count). The maximum absolute atomic E-state index is 13.8. The lowest BCUT2D eigenvalue weighted by Crippen LogP contribution is -2.58. The Morgan fingerprint density at radius 1 is 1.29 bits per heavy atom. The summed E-state index contributed by atoms with van der Waals surface area (Å²) in [5.74, 6) is -0.218. The molecule has 0 aromatic heterocycles. The number of nitrogens with zero attached hydrogens (tertiary/aromatic N) is 2. The molecule has 0 radical (unpaired) electrons. The van der Waals surface area contributed by atoms with E-state index in [1.807, 2.05) is 17.9 Å². The fourth-order valence-electron chi connectivity index (χ4n) is 2.85. The molecule has 1 aliphatic heterocycles. The predicted molar refractivity (Wildman–Crippen MR) is 82.7 cm³/mol. The fourth-order valence-corrected chi connectivity index (χ4v) is 2.85. The minimum atomic E-state index is -0.797. The van der Waals surface area contributed by atoms with Gasteiger partial charge in [0.25, 0.3) is 0 Å². The monoisotopic (exact) mass is 293 g/mol. The summed E-state index contributed by atoms with van der Waals surface area (Å²) in [6.45, 7) is 6.26. The van der Waals surface area contributed by atoms with E-state index in [0.29, 0.717) is 38.3 Å². The van der Waals surface area contributed by atoms with Crippen LogP contribution in [0.1, 0.15) is 26.7 Å². The lowest BCUT2D eigenvalue weighted by Gasteiger charge is -2.39. The number of halogens is 1. The Morgan fingerprint density at radius 2 is 1.90 bits per heavy atom. The quantitative estimate of drug-likeness (QED) is 0.923. The van der Waals surface area contributed by atoms with Gasteiger partial charge in [-0.2, -0.15) is 0 Å². The highest BCUT2D eigenvalue weighted by Crippen LogP contribution is 2.21. The maximum Gasteiger partial charge on any atom is 0.242 e. The van der Waals surface area contributed by atoms with Gasteiger partial charge in [0.05, 0.1) is 11.2 Å². The molecule has 1 fully saturated rings. The average Bonchev–Trinajstić information content (AvgIpc) is 2.47. The van der Waals surface area contributed by atoms with Crippen molar-refractivity contribution in [2.45, 2.75) is 32.2 Å². The van der Waals surface area contributed by atoms with Gasteiger partial charge in [0.2, 0.25) is 5.91 Å². The van der Waals surface area contributed by atoms with Crippen LogP contribution in [0.5, 0.6) is 0 Å². The maximum atomic E-state index is 13.8. The van der Waals surface area contributed by atoms with Crippen LogP contribution in [0.25, 0.3) is 0 Å². The van der Waals surface area contributed by atoms with Crippen LogP contribution in [0.4, 0.5) is 10.1 Å². The zero-order valence-electron chi connectivity index (χ0n) is 12.8. The third kappa shape index (κ3) is 3.53. The normalized spacial score (nSPS) is 18.5. The summed E-state index contributed by atoms with van der Waals surface area (Å²) in [6.07, 6.45) is 1.56. The van der Waals surface area contributed by atoms with Gasteiger partial charge in [-0.15, -0.1) is 0 Å². The number of piperazine rings is 1. The number of hydrogen-bond acceptors (Lipinski definition) is 3. The molecule has 0 aliphatic carbocycles. The molecular formula is C16H24FN3O. The van der Waals surface area contributed by atoms with E-state index in [-0.39, 0.29) is 11.7 Å². The number of carbonyl (C=O) groups is 1. The molecule has 21 heavy (non-hydrogen) atoms. The van der Waals surface area contributed by atoms with Crippen LogP contribution in [0, 0.1) is 5.82 Å². The zero-order chi connectivity index (χ0) is 15.5. The van der Waals surface area contributed by atoms with Gasteiger partial charge in [0.1, 0.15) is 5.82 Å². The minimum absolute atomic E-state index is 0.00228. The lowest BCUT2D eigenvalue weighted by atomic mass is 9.95. The topological polar surface area (TPSA) is 49.6 Å². The Labute approximate surface area is 125 Å². The Hall–Kier alpha value is -1.62. The van der Waals surface area contributed by atoms with Gasteiger partial charge >= 0.3 is 0 Å². The fraction of sp³-hybridized carbons (Fsp3) is 0.562. The van der Waals surface area contributed by atoms with Crippen molar-refractivity contribution in [2.75, 3.05) is 31.1 Å². The number of amides is 1. The Bertz CT molecular complexity index is 496. The first kappa shape index (κ1) is 15.8. The van der Waals surface area contributed by atoms with Gasteiger partial charge in [0.15, 0.2) is 0 Å². The molecule has 1 atom stereocenters. The number of carbonyl (C=O) groups excluding carboxylic acids is 1. The molecular weight excluding hydrogens is 269 g/mol. The van der Waals surface area contributed by atoms with Crippen LogP contribution >= 0.6 is 0 Å². The van der Waals surface area contributed by atoms with E-state index in [0.717, 1.165) is 6.42 Å². The average molecular weight is 293 g/mol. The van der Waals surface area contributed by atoms with Crippen LogP contribution in [0.15, 0.2) is 24.3 Å². The number of para-hydroxylation sites is 1. The molecule has 5 heteroatoms. The van der Waals surface area contributed by atoms with Crippen molar-refractivity contribution in [1.29, 1.82) is 0 Å². The van der Waals surface area contributed by atoms with Crippen LogP contribution in [-0.2, 0) is 4.79 Å². The first-order valence-corrected chi connectivity index (χ1v) is 7.53. The van der Waals surface area contributed by atoms with Gasteiger partial charge in [-0.05, 0) is 25.5 Å². The summed E-state index contributed by atoms with van der Waals surface area (Å²) in [5, 5.41) is 0. The van der Waals surface area contributed by atoms with E-state index in [4.69, 9.17) is 5.73 Å². The van der Waals surface area contributed by atoms with Crippen molar-refractivity contribution >= 4 is 11.6 Å². The highest BCUT2D eigenvalue weighted by atomic mass is 19.1. The molecule has 0 bridgehead atoms. The molecule has 1 heterocycles. The van der Waals surface area contributed by atoms with Crippen LogP contribution in [0.3, 0.4) is 0 Å². The third-order valence-corrected chi connectivity index (χ3v) is 4.02. The molecule has 116 valence electrons. The van der Waals surface area contributed by atoms with E-state index >= 15 is 0 Å². The van der Waals surface area contributed by atoms with Gasteiger partial charge in [-0.3, -0.25) is 4.79 Å². The second-order valence-electron chi connectivity index (χ2n) is 5.90. The number of anilines is 1. The smallest absolute Gasteiger partial charge is 0.242 e. The minimum Gasteiger partial charge on any atom is -0.366 e. The highest BCUT2D eigenvalue weighted by Gasteiger charge is 2.33. The van der Waals surface area contributed by atoms with E-state index in [2.05, 4.69) is 0 Å². The summed E-state index contributed by atoms with van der Waals surface area (Å²) < 4.78 is 13.8. The summed E-state index contributed by atoms with van der Waals surface area (Å²) >= 11 is 0. The van der Waals surface area contributed by atoms with Gasteiger partial charge in [-0.25, -0.2) is 4.39 Å². The number of hydrogen-bond donors (Lipinski definition) is 1. The highest BCUT2D eigenvalue weighted by molar-refractivity contribution is 5.85. The molecule has 0 saturated carbocycles. The molecule has 1 amide bonds. The number of benzene rings is 1. The van der Waals surface area contributed by atoms with E-state index in [9.17, 15) is 9.18 Å². The zero-order valence-corrected chi connectivity index (χ0v) is 12.8. The SMILES string of the molecule is CCCC(C)(N)C(=O)N1CCN(c2ccccc2F)CC1.